The Balaban J connectivity index is 2.24. The highest BCUT2D eigenvalue weighted by Crippen LogP contribution is 2.48. The van der Waals surface area contributed by atoms with Crippen LogP contribution >= 0.6 is 15.9 Å². The summed E-state index contributed by atoms with van der Waals surface area (Å²) in [6.45, 7) is 0. The molecule has 60 valence electrons. The van der Waals surface area contributed by atoms with Crippen LogP contribution in [0.5, 0.6) is 0 Å². The smallest absolute Gasteiger partial charge is 0.0178 e. The molecule has 1 aromatic carbocycles. The van der Waals surface area contributed by atoms with Crippen molar-refractivity contribution in [3.63, 3.8) is 0 Å². The molecule has 0 aliphatic heterocycles. The lowest BCUT2D eigenvalue weighted by Crippen LogP contribution is -1.91. The van der Waals surface area contributed by atoms with E-state index in [9.17, 15) is 0 Å². The molecule has 0 aromatic heterocycles. The molecule has 2 aliphatic rings. The molecule has 2 aliphatic carbocycles. The van der Waals surface area contributed by atoms with Gasteiger partial charge in [0.1, 0.15) is 0 Å². The average Bonchev–Trinajstić information content (AvgIpc) is 2.63. The fourth-order valence-corrected chi connectivity index (χ4v) is 2.74. The Morgan fingerprint density at radius 2 is 1.83 bits per heavy atom. The first kappa shape index (κ1) is 6.90. The second kappa shape index (κ2) is 2.23. The van der Waals surface area contributed by atoms with Crippen LogP contribution in [0.3, 0.4) is 0 Å². The van der Waals surface area contributed by atoms with Crippen molar-refractivity contribution in [2.45, 2.75) is 18.3 Å². The van der Waals surface area contributed by atoms with Gasteiger partial charge in [-0.3, -0.25) is 0 Å². The van der Waals surface area contributed by atoms with Gasteiger partial charge in [0.2, 0.25) is 0 Å². The van der Waals surface area contributed by atoms with E-state index in [2.05, 4.69) is 46.3 Å². The van der Waals surface area contributed by atoms with Crippen LogP contribution in [-0.2, 0) is 0 Å². The van der Waals surface area contributed by atoms with Crippen LogP contribution in [-0.4, -0.2) is 0 Å². The van der Waals surface area contributed by atoms with Gasteiger partial charge in [-0.2, -0.15) is 0 Å². The molecular formula is C11H9Br. The molecule has 1 aromatic rings. The second-order valence-corrected chi connectivity index (χ2v) is 4.52. The molecule has 0 heterocycles. The van der Waals surface area contributed by atoms with E-state index in [4.69, 9.17) is 0 Å². The Kier molecular flexibility index (Phi) is 1.28. The molecule has 0 nitrogen and oxygen atoms in total. The molecule has 2 bridgehead atoms. The molecule has 1 heteroatoms. The number of halogens is 1. The molecule has 12 heavy (non-hydrogen) atoms. The predicted octanol–water partition coefficient (Wildman–Crippen LogP) is 3.59. The third kappa shape index (κ3) is 0.776. The summed E-state index contributed by atoms with van der Waals surface area (Å²) in [6.07, 6.45) is 6.01. The highest BCUT2D eigenvalue weighted by molar-refractivity contribution is 9.10. The van der Waals surface area contributed by atoms with Gasteiger partial charge in [0, 0.05) is 16.3 Å². The second-order valence-electron chi connectivity index (χ2n) is 3.61. The van der Waals surface area contributed by atoms with Gasteiger partial charge in [0.15, 0.2) is 0 Å². The molecule has 2 unspecified atom stereocenters. The number of fused-ring (bicyclic) bond motifs is 5. The first-order chi connectivity index (χ1) is 5.84. The zero-order valence-electron chi connectivity index (χ0n) is 6.63. The van der Waals surface area contributed by atoms with Gasteiger partial charge < -0.3 is 0 Å². The number of allylic oxidation sites excluding steroid dienone is 2. The molecule has 0 saturated heterocycles. The first-order valence-electron chi connectivity index (χ1n) is 4.32. The SMILES string of the molecule is Brc1ccc2c(c1)C1C=CC2C1. The largest absolute Gasteiger partial charge is 0.0804 e. The summed E-state index contributed by atoms with van der Waals surface area (Å²) in [7, 11) is 0. The van der Waals surface area contributed by atoms with Crippen molar-refractivity contribution in [3.05, 3.63) is 46.0 Å². The maximum Gasteiger partial charge on any atom is 0.0178 e. The fourth-order valence-electron chi connectivity index (χ4n) is 2.36. The summed E-state index contributed by atoms with van der Waals surface area (Å²) in [5.41, 5.74) is 3.09. The number of rotatable bonds is 0. The van der Waals surface area contributed by atoms with Gasteiger partial charge >= 0.3 is 0 Å². The van der Waals surface area contributed by atoms with Crippen molar-refractivity contribution in [3.8, 4) is 0 Å². The van der Waals surface area contributed by atoms with Crippen LogP contribution in [0.1, 0.15) is 29.4 Å². The third-order valence-electron chi connectivity index (χ3n) is 2.93. The topological polar surface area (TPSA) is 0 Å². The molecule has 0 radical (unpaired) electrons. The average molecular weight is 221 g/mol. The third-order valence-corrected chi connectivity index (χ3v) is 3.42. The minimum Gasteiger partial charge on any atom is -0.0804 e. The van der Waals surface area contributed by atoms with Gasteiger partial charge in [-0.1, -0.05) is 34.1 Å². The molecule has 0 amide bonds. The monoisotopic (exact) mass is 220 g/mol. The Labute approximate surface area is 80.4 Å². The lowest BCUT2D eigenvalue weighted by Gasteiger charge is -2.09. The Bertz CT molecular complexity index is 365. The summed E-state index contributed by atoms with van der Waals surface area (Å²) in [5, 5.41) is 0. The molecule has 0 fully saturated rings. The molecule has 0 spiro atoms. The van der Waals surface area contributed by atoms with E-state index in [1.807, 2.05) is 0 Å². The zero-order valence-corrected chi connectivity index (χ0v) is 8.21. The lowest BCUT2D eigenvalue weighted by atomic mass is 9.97. The summed E-state index contributed by atoms with van der Waals surface area (Å²) >= 11 is 3.51. The minimum atomic E-state index is 0.711. The van der Waals surface area contributed by atoms with E-state index in [1.165, 1.54) is 16.5 Å². The highest BCUT2D eigenvalue weighted by atomic mass is 79.9. The van der Waals surface area contributed by atoms with Gasteiger partial charge in [-0.25, -0.2) is 0 Å². The van der Waals surface area contributed by atoms with E-state index >= 15 is 0 Å². The fraction of sp³-hybridized carbons (Fsp3) is 0.273. The standard InChI is InChI=1S/C11H9Br/c12-9-3-4-10-7-1-2-8(5-7)11(10)6-9/h1-4,6-8H,5H2. The molecular weight excluding hydrogens is 212 g/mol. The Morgan fingerprint density at radius 3 is 2.67 bits per heavy atom. The minimum absolute atomic E-state index is 0.711. The van der Waals surface area contributed by atoms with Gasteiger partial charge in [0.25, 0.3) is 0 Å². The lowest BCUT2D eigenvalue weighted by molar-refractivity contribution is 0.804. The van der Waals surface area contributed by atoms with Crippen LogP contribution in [0, 0.1) is 0 Å². The maximum absolute atomic E-state index is 3.51. The van der Waals surface area contributed by atoms with Crippen LogP contribution < -0.4 is 0 Å². The maximum atomic E-state index is 3.51. The van der Waals surface area contributed by atoms with Crippen molar-refractivity contribution in [2.75, 3.05) is 0 Å². The molecule has 0 saturated carbocycles. The van der Waals surface area contributed by atoms with E-state index in [-0.39, 0.29) is 0 Å². The van der Waals surface area contributed by atoms with Crippen molar-refractivity contribution in [1.82, 2.24) is 0 Å². The molecule has 3 rings (SSSR count). The van der Waals surface area contributed by atoms with E-state index in [0.717, 1.165) is 5.92 Å². The van der Waals surface area contributed by atoms with Crippen molar-refractivity contribution >= 4 is 15.9 Å². The van der Waals surface area contributed by atoms with Crippen molar-refractivity contribution < 1.29 is 0 Å². The summed E-state index contributed by atoms with van der Waals surface area (Å²) in [6, 6.07) is 6.67. The molecule has 2 atom stereocenters. The van der Waals surface area contributed by atoms with E-state index in [1.54, 1.807) is 5.56 Å². The molecule has 0 N–H and O–H groups in total. The van der Waals surface area contributed by atoms with Crippen molar-refractivity contribution in [1.29, 1.82) is 0 Å². The number of hydrogen-bond acceptors (Lipinski definition) is 0. The van der Waals surface area contributed by atoms with Crippen LogP contribution in [0.15, 0.2) is 34.8 Å². The summed E-state index contributed by atoms with van der Waals surface area (Å²) in [5.74, 6) is 1.43. The van der Waals surface area contributed by atoms with Gasteiger partial charge in [0.05, 0.1) is 0 Å². The summed E-state index contributed by atoms with van der Waals surface area (Å²) < 4.78 is 1.21. The van der Waals surface area contributed by atoms with Crippen LogP contribution in [0.25, 0.3) is 0 Å². The van der Waals surface area contributed by atoms with Crippen LogP contribution in [0.2, 0.25) is 0 Å². The Hall–Kier alpha value is -0.560. The zero-order chi connectivity index (χ0) is 8.13. The first-order valence-corrected chi connectivity index (χ1v) is 5.11. The number of benzene rings is 1. The van der Waals surface area contributed by atoms with Gasteiger partial charge in [-0.05, 0) is 29.7 Å². The van der Waals surface area contributed by atoms with Crippen LogP contribution in [0.4, 0.5) is 0 Å². The Morgan fingerprint density at radius 1 is 1.08 bits per heavy atom. The van der Waals surface area contributed by atoms with Crippen molar-refractivity contribution in [2.24, 2.45) is 0 Å². The van der Waals surface area contributed by atoms with Gasteiger partial charge in [-0.15, -0.1) is 0 Å². The number of hydrogen-bond donors (Lipinski definition) is 0. The van der Waals surface area contributed by atoms with E-state index in [0.29, 0.717) is 5.92 Å². The van der Waals surface area contributed by atoms with E-state index < -0.39 is 0 Å². The summed E-state index contributed by atoms with van der Waals surface area (Å²) in [4.78, 5) is 0. The highest BCUT2D eigenvalue weighted by Gasteiger charge is 2.32. The normalized spacial score (nSPS) is 29.4. The predicted molar refractivity (Wildman–Crippen MR) is 53.4 cm³/mol. The quantitative estimate of drug-likeness (QED) is 0.587.